The van der Waals surface area contributed by atoms with E-state index in [-0.39, 0.29) is 17.9 Å². The van der Waals surface area contributed by atoms with Gasteiger partial charge < -0.3 is 19.5 Å². The molecule has 10 heteroatoms. The number of halogens is 2. The number of aromatic nitrogens is 4. The van der Waals surface area contributed by atoms with Gasteiger partial charge in [-0.3, -0.25) is 4.79 Å². The van der Waals surface area contributed by atoms with E-state index in [1.165, 1.54) is 0 Å². The first-order valence-electron chi connectivity index (χ1n) is 13.3. The fourth-order valence-electron chi connectivity index (χ4n) is 5.94. The number of anilines is 2. The van der Waals surface area contributed by atoms with E-state index in [0.717, 1.165) is 28.2 Å². The zero-order valence-corrected chi connectivity index (χ0v) is 24.7. The van der Waals surface area contributed by atoms with Gasteiger partial charge in [0.05, 0.1) is 30.6 Å². The molecule has 2 aliphatic heterocycles. The Morgan fingerprint density at radius 3 is 2.48 bits per heavy atom. The maximum absolute atomic E-state index is 14.4. The summed E-state index contributed by atoms with van der Waals surface area (Å²) in [6.45, 7) is 10.7. The maximum Gasteiger partial charge on any atom is 0.261 e. The second-order valence-electron chi connectivity index (χ2n) is 10.9. The zero-order valence-electron chi connectivity index (χ0n) is 23.2. The molecular weight excluding hydrogens is 547 g/mol. The quantitative estimate of drug-likeness (QED) is 0.278. The Labute approximate surface area is 243 Å². The lowest BCUT2D eigenvalue weighted by molar-refractivity contribution is -0.119. The van der Waals surface area contributed by atoms with Gasteiger partial charge in [0.1, 0.15) is 11.6 Å². The third-order valence-electron chi connectivity index (χ3n) is 7.69. The van der Waals surface area contributed by atoms with Gasteiger partial charge in [0.2, 0.25) is 5.88 Å². The van der Waals surface area contributed by atoms with E-state index in [4.69, 9.17) is 32.9 Å². The number of nitrogens with zero attached hydrogens (tertiary/aromatic N) is 5. The van der Waals surface area contributed by atoms with Crippen molar-refractivity contribution in [3.63, 3.8) is 0 Å². The molecule has 40 heavy (non-hydrogen) atoms. The fourth-order valence-corrected chi connectivity index (χ4v) is 6.28. The smallest absolute Gasteiger partial charge is 0.261 e. The molecule has 4 heterocycles. The minimum atomic E-state index is -1.20. The second kappa shape index (κ2) is 9.49. The highest BCUT2D eigenvalue weighted by Gasteiger charge is 2.60. The summed E-state index contributed by atoms with van der Waals surface area (Å²) in [5.41, 5.74) is 4.41. The molecule has 2 aromatic carbocycles. The molecule has 6 rings (SSSR count). The van der Waals surface area contributed by atoms with Gasteiger partial charge in [-0.25, -0.2) is 9.97 Å². The SMILES string of the molecule is COc1nc(C(C)C)ncc1-c1nc2c(n1C(C)C)C1(C(=O)Nc3cc(Cl)ccc31)N(c1cc(Cl)ccc1C)C2. The molecule has 1 spiro atoms. The van der Waals surface area contributed by atoms with Crippen LogP contribution in [0.2, 0.25) is 10.0 Å². The van der Waals surface area contributed by atoms with Crippen LogP contribution in [0.3, 0.4) is 0 Å². The molecule has 2 aliphatic rings. The molecule has 0 bridgehead atoms. The standard InChI is InChI=1S/C30H30Cl2N6O2/c1-15(2)26-33-13-20(28(36-26)40-6)27-34-23-14-37(24-12-19(32)8-7-17(24)5)30(25(23)38(27)16(3)4)21-10-9-18(31)11-22(21)35-29(30)39/h7-13,15-16H,14H2,1-6H3,(H,35,39). The normalized spacial score (nSPS) is 17.6. The van der Waals surface area contributed by atoms with Crippen molar-refractivity contribution < 1.29 is 9.53 Å². The summed E-state index contributed by atoms with van der Waals surface area (Å²) in [7, 11) is 1.60. The van der Waals surface area contributed by atoms with Crippen molar-refractivity contribution in [1.29, 1.82) is 0 Å². The summed E-state index contributed by atoms with van der Waals surface area (Å²) in [6.07, 6.45) is 1.77. The molecule has 0 radical (unpaired) electrons. The topological polar surface area (TPSA) is 85.2 Å². The van der Waals surface area contributed by atoms with Gasteiger partial charge >= 0.3 is 0 Å². The average molecular weight is 578 g/mol. The van der Waals surface area contributed by atoms with Gasteiger partial charge in [-0.05, 0) is 50.6 Å². The number of carbonyl (C=O) groups is 1. The monoisotopic (exact) mass is 576 g/mol. The van der Waals surface area contributed by atoms with Crippen LogP contribution in [-0.4, -0.2) is 32.5 Å². The summed E-state index contributed by atoms with van der Waals surface area (Å²) in [6, 6.07) is 11.2. The number of ether oxygens (including phenoxy) is 1. The van der Waals surface area contributed by atoms with Crippen molar-refractivity contribution in [2.24, 2.45) is 0 Å². The Hall–Kier alpha value is -3.62. The highest BCUT2D eigenvalue weighted by Crippen LogP contribution is 2.55. The summed E-state index contributed by atoms with van der Waals surface area (Å²) in [5, 5.41) is 4.25. The number of imidazole rings is 1. The van der Waals surface area contributed by atoms with Crippen LogP contribution in [-0.2, 0) is 16.9 Å². The number of fused-ring (bicyclic) bond motifs is 4. The molecule has 206 valence electrons. The summed E-state index contributed by atoms with van der Waals surface area (Å²) in [5.74, 6) is 1.76. The maximum atomic E-state index is 14.4. The second-order valence-corrected chi connectivity index (χ2v) is 11.7. The Bertz CT molecular complexity index is 1680. The number of aryl methyl sites for hydroxylation is 1. The van der Waals surface area contributed by atoms with E-state index in [2.05, 4.69) is 38.6 Å². The van der Waals surface area contributed by atoms with Crippen molar-refractivity contribution >= 4 is 40.5 Å². The first-order valence-corrected chi connectivity index (χ1v) is 14.0. The third-order valence-corrected chi connectivity index (χ3v) is 8.16. The van der Waals surface area contributed by atoms with Gasteiger partial charge in [-0.2, -0.15) is 4.98 Å². The summed E-state index contributed by atoms with van der Waals surface area (Å²) >= 11 is 12.9. The van der Waals surface area contributed by atoms with Crippen molar-refractivity contribution in [2.75, 3.05) is 17.3 Å². The fraction of sp³-hybridized carbons (Fsp3) is 0.333. The number of methoxy groups -OCH3 is 1. The van der Waals surface area contributed by atoms with Crippen LogP contribution >= 0.6 is 23.2 Å². The Balaban J connectivity index is 1.67. The molecule has 0 saturated heterocycles. The average Bonchev–Trinajstić information content (AvgIpc) is 3.53. The van der Waals surface area contributed by atoms with Crippen LogP contribution in [0.5, 0.6) is 5.88 Å². The number of rotatable bonds is 5. The van der Waals surface area contributed by atoms with Crippen LogP contribution in [0, 0.1) is 6.92 Å². The molecule has 2 aromatic heterocycles. The number of benzene rings is 2. The van der Waals surface area contributed by atoms with Crippen LogP contribution in [0.25, 0.3) is 11.4 Å². The van der Waals surface area contributed by atoms with Crippen LogP contribution in [0.4, 0.5) is 11.4 Å². The number of hydrogen-bond acceptors (Lipinski definition) is 6. The molecule has 1 N–H and O–H groups in total. The molecular formula is C30H30Cl2N6O2. The minimum Gasteiger partial charge on any atom is -0.480 e. The Morgan fingerprint density at radius 1 is 1.05 bits per heavy atom. The van der Waals surface area contributed by atoms with Gasteiger partial charge in [-0.15, -0.1) is 0 Å². The van der Waals surface area contributed by atoms with E-state index in [0.29, 0.717) is 45.4 Å². The highest BCUT2D eigenvalue weighted by molar-refractivity contribution is 6.31. The van der Waals surface area contributed by atoms with Crippen molar-refractivity contribution in [1.82, 2.24) is 19.5 Å². The molecule has 0 aliphatic carbocycles. The molecule has 1 atom stereocenters. The summed E-state index contributed by atoms with van der Waals surface area (Å²) < 4.78 is 7.85. The molecule has 1 unspecified atom stereocenters. The largest absolute Gasteiger partial charge is 0.480 e. The van der Waals surface area contributed by atoms with Crippen LogP contribution in [0.15, 0.2) is 42.6 Å². The van der Waals surface area contributed by atoms with E-state index >= 15 is 0 Å². The highest BCUT2D eigenvalue weighted by atomic mass is 35.5. The lowest BCUT2D eigenvalue weighted by atomic mass is 9.86. The number of nitrogens with one attached hydrogen (secondary N) is 1. The Kier molecular flexibility index (Phi) is 6.31. The van der Waals surface area contributed by atoms with Gasteiger partial charge in [0, 0.05) is 45.1 Å². The number of carbonyl (C=O) groups excluding carboxylic acids is 1. The first kappa shape index (κ1) is 26.6. The predicted octanol–water partition coefficient (Wildman–Crippen LogP) is 6.88. The van der Waals surface area contributed by atoms with E-state index in [9.17, 15) is 4.79 Å². The Morgan fingerprint density at radius 2 is 1.77 bits per heavy atom. The number of hydrogen-bond donors (Lipinski definition) is 1. The van der Waals surface area contributed by atoms with Gasteiger partial charge in [-0.1, -0.05) is 49.2 Å². The number of amides is 1. The molecule has 8 nitrogen and oxygen atoms in total. The van der Waals surface area contributed by atoms with Crippen molar-refractivity contribution in [2.45, 2.75) is 58.7 Å². The van der Waals surface area contributed by atoms with Gasteiger partial charge in [0.25, 0.3) is 5.91 Å². The lowest BCUT2D eigenvalue weighted by Crippen LogP contribution is -2.49. The summed E-state index contributed by atoms with van der Waals surface area (Å²) in [4.78, 5) is 30.9. The van der Waals surface area contributed by atoms with Crippen LogP contribution < -0.4 is 15.0 Å². The zero-order chi connectivity index (χ0) is 28.5. The van der Waals surface area contributed by atoms with Crippen molar-refractivity contribution in [3.05, 3.63) is 81.0 Å². The molecule has 0 saturated carbocycles. The first-order chi connectivity index (χ1) is 19.1. The molecule has 4 aromatic rings. The van der Waals surface area contributed by atoms with E-state index in [1.807, 2.05) is 51.1 Å². The third kappa shape index (κ3) is 3.73. The minimum absolute atomic E-state index is 0.0536. The van der Waals surface area contributed by atoms with Gasteiger partial charge in [0.15, 0.2) is 5.54 Å². The van der Waals surface area contributed by atoms with E-state index < -0.39 is 5.54 Å². The van der Waals surface area contributed by atoms with E-state index in [1.54, 1.807) is 19.4 Å². The lowest BCUT2D eigenvalue weighted by Gasteiger charge is -2.38. The molecule has 0 fully saturated rings. The predicted molar refractivity (Wildman–Crippen MR) is 158 cm³/mol. The molecule has 1 amide bonds. The van der Waals surface area contributed by atoms with Crippen molar-refractivity contribution in [3.8, 4) is 17.3 Å². The van der Waals surface area contributed by atoms with Crippen LogP contribution in [0.1, 0.15) is 68.0 Å².